The number of hydrogen-bond acceptors (Lipinski definition) is 4. The second kappa shape index (κ2) is 5.30. The Labute approximate surface area is 124 Å². The largest absolute Gasteiger partial charge is 0.396 e. The molecular weight excluding hydrogens is 353 g/mol. The molecule has 20 heavy (non-hydrogen) atoms. The average Bonchev–Trinajstić information content (AvgIpc) is 2.83. The summed E-state index contributed by atoms with van der Waals surface area (Å²) in [6, 6.07) is 2.07. The first-order valence-electron chi connectivity index (χ1n) is 5.77. The van der Waals surface area contributed by atoms with Crippen molar-refractivity contribution in [1.82, 2.24) is 4.31 Å². The zero-order valence-electron chi connectivity index (χ0n) is 10.3. The first-order chi connectivity index (χ1) is 9.23. The maximum Gasteiger partial charge on any atom is 0.244 e. The number of nitrogens with zero attached hydrogens (tertiary/aromatic N) is 1. The molecule has 0 saturated carbocycles. The highest BCUT2D eigenvalue weighted by Crippen LogP contribution is 2.31. The lowest BCUT2D eigenvalue weighted by Gasteiger charge is -2.17. The van der Waals surface area contributed by atoms with Crippen LogP contribution in [0.2, 0.25) is 0 Å². The molecule has 0 aliphatic carbocycles. The molecular formula is C11H13BrFN3O3S. The smallest absolute Gasteiger partial charge is 0.244 e. The monoisotopic (exact) mass is 365 g/mol. The lowest BCUT2D eigenvalue weighted by molar-refractivity contribution is -0.121. The lowest BCUT2D eigenvalue weighted by atomic mass is 10.1. The van der Waals surface area contributed by atoms with Gasteiger partial charge in [-0.1, -0.05) is 0 Å². The van der Waals surface area contributed by atoms with Gasteiger partial charge in [0.25, 0.3) is 0 Å². The molecule has 1 aromatic rings. The van der Waals surface area contributed by atoms with E-state index in [1.54, 1.807) is 0 Å². The van der Waals surface area contributed by atoms with Crippen molar-refractivity contribution in [1.29, 1.82) is 0 Å². The minimum absolute atomic E-state index is 0.0292. The molecule has 1 amide bonds. The van der Waals surface area contributed by atoms with Gasteiger partial charge in [-0.15, -0.1) is 0 Å². The number of halogens is 2. The van der Waals surface area contributed by atoms with Crippen LogP contribution in [0.4, 0.5) is 10.1 Å². The lowest BCUT2D eigenvalue weighted by Crippen LogP contribution is -2.32. The second-order valence-electron chi connectivity index (χ2n) is 4.56. The van der Waals surface area contributed by atoms with E-state index in [-0.39, 0.29) is 28.1 Å². The summed E-state index contributed by atoms with van der Waals surface area (Å²) < 4.78 is 39.4. The highest BCUT2D eigenvalue weighted by atomic mass is 79.9. The average molecular weight is 366 g/mol. The van der Waals surface area contributed by atoms with Crippen molar-refractivity contribution in [3.05, 3.63) is 22.4 Å². The van der Waals surface area contributed by atoms with Gasteiger partial charge in [-0.05, 0) is 34.5 Å². The van der Waals surface area contributed by atoms with Gasteiger partial charge in [0.15, 0.2) is 0 Å². The molecule has 6 nitrogen and oxygen atoms in total. The number of rotatable bonds is 3. The number of anilines is 1. The number of carbonyl (C=O) groups is 1. The van der Waals surface area contributed by atoms with E-state index in [9.17, 15) is 17.6 Å². The molecule has 4 N–H and O–H groups in total. The third kappa shape index (κ3) is 2.65. The van der Waals surface area contributed by atoms with Crippen LogP contribution in [-0.4, -0.2) is 31.7 Å². The summed E-state index contributed by atoms with van der Waals surface area (Å²) in [6.07, 6.45) is 0.378. The van der Waals surface area contributed by atoms with Crippen molar-refractivity contribution >= 4 is 37.5 Å². The summed E-state index contributed by atoms with van der Waals surface area (Å²) in [5.74, 6) is -1.73. The Kier molecular flexibility index (Phi) is 4.03. The first-order valence-corrected chi connectivity index (χ1v) is 8.00. The SMILES string of the molecule is NC(=O)C1CCN(S(=O)(=O)c2cc(N)c(F)cc2Br)C1. The molecule has 1 saturated heterocycles. The van der Waals surface area contributed by atoms with E-state index in [0.29, 0.717) is 6.42 Å². The van der Waals surface area contributed by atoms with Crippen LogP contribution in [0.3, 0.4) is 0 Å². The Hall–Kier alpha value is -1.19. The maximum absolute atomic E-state index is 13.3. The molecule has 1 heterocycles. The molecule has 1 aromatic carbocycles. The zero-order chi connectivity index (χ0) is 15.1. The molecule has 1 aliphatic rings. The van der Waals surface area contributed by atoms with Crippen LogP contribution in [0.25, 0.3) is 0 Å². The molecule has 1 fully saturated rings. The molecule has 0 spiro atoms. The molecule has 2 rings (SSSR count). The zero-order valence-corrected chi connectivity index (χ0v) is 12.7. The van der Waals surface area contributed by atoms with Gasteiger partial charge in [0.2, 0.25) is 15.9 Å². The number of carbonyl (C=O) groups excluding carboxylic acids is 1. The molecule has 0 aromatic heterocycles. The van der Waals surface area contributed by atoms with Crippen molar-refractivity contribution in [2.75, 3.05) is 18.8 Å². The molecule has 1 aliphatic heterocycles. The van der Waals surface area contributed by atoms with Gasteiger partial charge in [0.05, 0.1) is 16.5 Å². The predicted molar refractivity (Wildman–Crippen MR) is 74.6 cm³/mol. The summed E-state index contributed by atoms with van der Waals surface area (Å²) in [5, 5.41) is 0. The quantitative estimate of drug-likeness (QED) is 0.767. The number of hydrogen-bond donors (Lipinski definition) is 2. The van der Waals surface area contributed by atoms with Crippen molar-refractivity contribution in [3.63, 3.8) is 0 Å². The molecule has 0 radical (unpaired) electrons. The van der Waals surface area contributed by atoms with E-state index in [1.807, 2.05) is 0 Å². The van der Waals surface area contributed by atoms with Crippen LogP contribution in [0, 0.1) is 11.7 Å². The van der Waals surface area contributed by atoms with Crippen LogP contribution in [0.15, 0.2) is 21.5 Å². The molecule has 9 heteroatoms. The Bertz CT molecular complexity index is 665. The van der Waals surface area contributed by atoms with Crippen molar-refractivity contribution in [2.45, 2.75) is 11.3 Å². The Morgan fingerprint density at radius 3 is 2.65 bits per heavy atom. The molecule has 0 bridgehead atoms. The van der Waals surface area contributed by atoms with E-state index in [2.05, 4.69) is 15.9 Å². The van der Waals surface area contributed by atoms with Crippen molar-refractivity contribution in [3.8, 4) is 0 Å². The summed E-state index contributed by atoms with van der Waals surface area (Å²) >= 11 is 3.02. The Balaban J connectivity index is 2.37. The first kappa shape index (κ1) is 15.2. The maximum atomic E-state index is 13.3. The van der Waals surface area contributed by atoms with E-state index < -0.39 is 27.7 Å². The number of amides is 1. The van der Waals surface area contributed by atoms with Crippen molar-refractivity contribution < 1.29 is 17.6 Å². The minimum Gasteiger partial charge on any atom is -0.396 e. The van der Waals surface area contributed by atoms with Crippen LogP contribution in [0.5, 0.6) is 0 Å². The highest BCUT2D eigenvalue weighted by molar-refractivity contribution is 9.10. The van der Waals surface area contributed by atoms with Crippen molar-refractivity contribution in [2.24, 2.45) is 11.7 Å². The molecule has 1 atom stereocenters. The van der Waals surface area contributed by atoms with Crippen LogP contribution >= 0.6 is 15.9 Å². The number of benzene rings is 1. The number of nitrogen functional groups attached to an aromatic ring is 1. The number of nitrogens with two attached hydrogens (primary N) is 2. The molecule has 110 valence electrons. The van der Waals surface area contributed by atoms with Gasteiger partial charge in [0, 0.05) is 17.6 Å². The van der Waals surface area contributed by atoms with Gasteiger partial charge in [-0.3, -0.25) is 4.79 Å². The molecule has 1 unspecified atom stereocenters. The van der Waals surface area contributed by atoms with Gasteiger partial charge < -0.3 is 11.5 Å². The summed E-state index contributed by atoms with van der Waals surface area (Å²) in [4.78, 5) is 11.0. The van der Waals surface area contributed by atoms with Gasteiger partial charge in [0.1, 0.15) is 5.82 Å². The van der Waals surface area contributed by atoms with Crippen LogP contribution < -0.4 is 11.5 Å². The third-order valence-corrected chi connectivity index (χ3v) is 6.05. The fourth-order valence-electron chi connectivity index (χ4n) is 2.06. The summed E-state index contributed by atoms with van der Waals surface area (Å²) in [5.41, 5.74) is 10.3. The van der Waals surface area contributed by atoms with Crippen LogP contribution in [-0.2, 0) is 14.8 Å². The van der Waals surface area contributed by atoms with Crippen LogP contribution in [0.1, 0.15) is 6.42 Å². The topological polar surface area (TPSA) is 106 Å². The fourth-order valence-corrected chi connectivity index (χ4v) is 4.57. The third-order valence-electron chi connectivity index (χ3n) is 3.22. The predicted octanol–water partition coefficient (Wildman–Crippen LogP) is 0.666. The minimum atomic E-state index is -3.84. The van der Waals surface area contributed by atoms with Gasteiger partial charge >= 0.3 is 0 Å². The number of primary amides is 1. The van der Waals surface area contributed by atoms with Gasteiger partial charge in [-0.2, -0.15) is 4.31 Å². The number of sulfonamides is 1. The van der Waals surface area contributed by atoms with E-state index in [4.69, 9.17) is 11.5 Å². The Morgan fingerprint density at radius 1 is 1.45 bits per heavy atom. The van der Waals surface area contributed by atoms with E-state index in [1.165, 1.54) is 0 Å². The normalized spacial score (nSPS) is 20.2. The Morgan fingerprint density at radius 2 is 2.10 bits per heavy atom. The standard InChI is InChI=1S/C11H13BrFN3O3S/c12-7-3-8(13)9(14)4-10(7)20(18,19)16-2-1-6(5-16)11(15)17/h3-4,6H,1-2,5,14H2,(H2,15,17). The second-order valence-corrected chi connectivity index (χ2v) is 7.32. The van der Waals surface area contributed by atoms with E-state index >= 15 is 0 Å². The van der Waals surface area contributed by atoms with E-state index in [0.717, 1.165) is 16.4 Å². The summed E-state index contributed by atoms with van der Waals surface area (Å²) in [7, 11) is -3.84. The highest BCUT2D eigenvalue weighted by Gasteiger charge is 2.36. The summed E-state index contributed by atoms with van der Waals surface area (Å²) in [6.45, 7) is 0.223. The van der Waals surface area contributed by atoms with Gasteiger partial charge in [-0.25, -0.2) is 12.8 Å². The fraction of sp³-hybridized carbons (Fsp3) is 0.364.